The van der Waals surface area contributed by atoms with Crippen LogP contribution in [0.4, 0.5) is 27.6 Å². The average molecular weight is 558 g/mol. The summed E-state index contributed by atoms with van der Waals surface area (Å²) >= 11 is 5.77. The molecule has 0 heterocycles. The van der Waals surface area contributed by atoms with E-state index in [0.29, 0.717) is 0 Å². The number of halogens is 6. The van der Waals surface area contributed by atoms with Gasteiger partial charge in [-0.3, -0.25) is 4.72 Å². The summed E-state index contributed by atoms with van der Waals surface area (Å²) < 4.78 is 108. The van der Waals surface area contributed by atoms with Crippen molar-refractivity contribution in [1.82, 2.24) is 0 Å². The Hall–Kier alpha value is -1.89. The van der Waals surface area contributed by atoms with Gasteiger partial charge in [-0.1, -0.05) is 32.4 Å². The largest absolute Gasteiger partial charge is 0.457 e. The molecule has 1 aliphatic rings. The van der Waals surface area contributed by atoms with Crippen molar-refractivity contribution in [1.29, 1.82) is 0 Å². The van der Waals surface area contributed by atoms with Crippen molar-refractivity contribution in [2.45, 2.75) is 63.1 Å². The molecule has 0 unspecified atom stereocenters. The molecule has 2 aromatic carbocycles. The quantitative estimate of drug-likeness (QED) is 0.283. The van der Waals surface area contributed by atoms with Crippen LogP contribution in [-0.4, -0.2) is 28.4 Å². The molecule has 0 saturated carbocycles. The van der Waals surface area contributed by atoms with Crippen LogP contribution in [0.1, 0.15) is 38.0 Å². The van der Waals surface area contributed by atoms with E-state index in [1.165, 1.54) is 12.1 Å². The summed E-state index contributed by atoms with van der Waals surface area (Å²) in [6.45, 7) is 9.00. The first kappa shape index (κ1) is 27.7. The van der Waals surface area contributed by atoms with Gasteiger partial charge in [0.25, 0.3) is 15.9 Å². The van der Waals surface area contributed by atoms with E-state index < -0.39 is 59.1 Å². The second-order valence-corrected chi connectivity index (χ2v) is 16.6. The van der Waals surface area contributed by atoms with Crippen molar-refractivity contribution in [3.05, 3.63) is 52.3 Å². The van der Waals surface area contributed by atoms with Crippen LogP contribution in [0.25, 0.3) is 0 Å². The Balaban J connectivity index is 2.17. The SMILES string of the molecule is CC(C)(C)[Si](C)(C)O[C@H]1c2c(NS(=O)(=O)C(F)F)ccc(Oc3ccc(F)c(Cl)c3)c2CC1(F)F. The van der Waals surface area contributed by atoms with Crippen molar-refractivity contribution < 1.29 is 39.5 Å². The lowest BCUT2D eigenvalue weighted by Gasteiger charge is -2.40. The Morgan fingerprint density at radius 3 is 2.34 bits per heavy atom. The molecule has 1 N–H and O–H groups in total. The van der Waals surface area contributed by atoms with E-state index in [1.54, 1.807) is 17.8 Å². The molecule has 1 aliphatic carbocycles. The van der Waals surface area contributed by atoms with Crippen LogP contribution >= 0.6 is 11.6 Å². The number of fused-ring (bicyclic) bond motifs is 1. The fourth-order valence-corrected chi connectivity index (χ4v) is 5.31. The molecule has 0 aromatic heterocycles. The standard InChI is InChI=1S/C22H25ClF5NO4SSi/c1-21(2,3)35(4,5)33-19-18-13(11-22(19,27)28)17(32-12-6-7-15(24)14(23)10-12)9-8-16(18)29-34(30,31)20(25)26/h6-10,19-20,29H,11H2,1-5H3/t19-/m0/s1. The van der Waals surface area contributed by atoms with Gasteiger partial charge in [-0.2, -0.15) is 8.78 Å². The van der Waals surface area contributed by atoms with Crippen molar-refractivity contribution in [2.24, 2.45) is 0 Å². The molecular weight excluding hydrogens is 533 g/mol. The highest BCUT2D eigenvalue weighted by Gasteiger charge is 2.55. The molecule has 0 aliphatic heterocycles. The van der Waals surface area contributed by atoms with Crippen LogP contribution in [0.5, 0.6) is 11.5 Å². The van der Waals surface area contributed by atoms with E-state index >= 15 is 8.78 Å². The number of sulfonamides is 1. The van der Waals surface area contributed by atoms with Crippen molar-refractivity contribution in [3.63, 3.8) is 0 Å². The highest BCUT2D eigenvalue weighted by molar-refractivity contribution is 7.93. The van der Waals surface area contributed by atoms with Gasteiger partial charge in [-0.05, 0) is 42.4 Å². The van der Waals surface area contributed by atoms with E-state index in [1.807, 2.05) is 20.8 Å². The molecule has 1 atom stereocenters. The molecule has 0 spiro atoms. The molecule has 0 amide bonds. The molecule has 2 aromatic rings. The van der Waals surface area contributed by atoms with Gasteiger partial charge in [0.1, 0.15) is 23.4 Å². The minimum atomic E-state index is -5.16. The monoisotopic (exact) mass is 557 g/mol. The lowest BCUT2D eigenvalue weighted by Crippen LogP contribution is -2.44. The lowest BCUT2D eigenvalue weighted by molar-refractivity contribution is -0.0899. The molecule has 35 heavy (non-hydrogen) atoms. The molecule has 3 rings (SSSR count). The van der Waals surface area contributed by atoms with Gasteiger partial charge in [0.05, 0.1) is 10.7 Å². The minimum absolute atomic E-state index is 0.0385. The highest BCUT2D eigenvalue weighted by Crippen LogP contribution is 2.54. The van der Waals surface area contributed by atoms with E-state index in [9.17, 15) is 21.6 Å². The highest BCUT2D eigenvalue weighted by atomic mass is 35.5. The fourth-order valence-electron chi connectivity index (χ4n) is 3.33. The van der Waals surface area contributed by atoms with E-state index in [-0.39, 0.29) is 27.6 Å². The number of alkyl halides is 4. The smallest absolute Gasteiger partial charge is 0.355 e. The van der Waals surface area contributed by atoms with Gasteiger partial charge in [-0.25, -0.2) is 21.6 Å². The second-order valence-electron chi connectivity index (χ2n) is 9.79. The molecule has 0 bridgehead atoms. The minimum Gasteiger partial charge on any atom is -0.457 e. The van der Waals surface area contributed by atoms with Crippen molar-refractivity contribution in [2.75, 3.05) is 4.72 Å². The van der Waals surface area contributed by atoms with Crippen LogP contribution in [0.3, 0.4) is 0 Å². The van der Waals surface area contributed by atoms with Crippen LogP contribution in [0.2, 0.25) is 23.2 Å². The third-order valence-electron chi connectivity index (χ3n) is 6.20. The Morgan fingerprint density at radius 1 is 1.17 bits per heavy atom. The molecule has 0 radical (unpaired) electrons. The van der Waals surface area contributed by atoms with Crippen LogP contribution < -0.4 is 9.46 Å². The zero-order chi connectivity index (χ0) is 26.6. The Bertz CT molecular complexity index is 1240. The summed E-state index contributed by atoms with van der Waals surface area (Å²) in [5.74, 6) is -8.05. The van der Waals surface area contributed by atoms with Crippen molar-refractivity contribution >= 4 is 35.6 Å². The second kappa shape index (κ2) is 9.20. The first-order valence-electron chi connectivity index (χ1n) is 10.5. The number of ether oxygens (including phenoxy) is 1. The number of hydrogen-bond donors (Lipinski definition) is 1. The number of hydrogen-bond acceptors (Lipinski definition) is 4. The van der Waals surface area contributed by atoms with Crippen LogP contribution in [0, 0.1) is 5.82 Å². The number of benzene rings is 2. The molecule has 194 valence electrons. The first-order valence-corrected chi connectivity index (χ1v) is 15.3. The molecule has 5 nitrogen and oxygen atoms in total. The van der Waals surface area contributed by atoms with Gasteiger partial charge in [0, 0.05) is 23.6 Å². The summed E-state index contributed by atoms with van der Waals surface area (Å²) in [5.41, 5.74) is -0.853. The summed E-state index contributed by atoms with van der Waals surface area (Å²) in [7, 11) is -8.00. The summed E-state index contributed by atoms with van der Waals surface area (Å²) in [6, 6.07) is 5.64. The topological polar surface area (TPSA) is 64.6 Å². The van der Waals surface area contributed by atoms with Crippen molar-refractivity contribution in [3.8, 4) is 11.5 Å². The predicted molar refractivity (Wildman–Crippen MR) is 126 cm³/mol. The average Bonchev–Trinajstić information content (AvgIpc) is 2.96. The summed E-state index contributed by atoms with van der Waals surface area (Å²) in [6.07, 6.45) is -2.80. The van der Waals surface area contributed by atoms with Gasteiger partial charge >= 0.3 is 5.76 Å². The Labute approximate surface area is 206 Å². The van der Waals surface area contributed by atoms with E-state index in [0.717, 1.165) is 18.2 Å². The van der Waals surface area contributed by atoms with E-state index in [4.69, 9.17) is 20.8 Å². The summed E-state index contributed by atoms with van der Waals surface area (Å²) in [4.78, 5) is 0. The third kappa shape index (κ3) is 5.60. The normalized spacial score (nSPS) is 18.0. The van der Waals surface area contributed by atoms with Crippen LogP contribution in [-0.2, 0) is 20.9 Å². The molecule has 0 saturated heterocycles. The van der Waals surface area contributed by atoms with Crippen LogP contribution in [0.15, 0.2) is 30.3 Å². The third-order valence-corrected chi connectivity index (χ3v) is 11.9. The predicted octanol–water partition coefficient (Wildman–Crippen LogP) is 7.49. The number of anilines is 1. The molecular formula is C22H25ClF5NO4SSi. The van der Waals surface area contributed by atoms with Gasteiger partial charge in [0.15, 0.2) is 8.32 Å². The molecule has 0 fully saturated rings. The van der Waals surface area contributed by atoms with Gasteiger partial charge in [-0.15, -0.1) is 0 Å². The first-order chi connectivity index (χ1) is 15.9. The Kier molecular flexibility index (Phi) is 7.28. The Morgan fingerprint density at radius 2 is 1.80 bits per heavy atom. The zero-order valence-corrected chi connectivity index (χ0v) is 22.1. The number of nitrogens with one attached hydrogen (secondary N) is 1. The fraction of sp³-hybridized carbons (Fsp3) is 0.455. The maximum absolute atomic E-state index is 15.4. The molecule has 13 heteroatoms. The number of rotatable bonds is 7. The maximum Gasteiger partial charge on any atom is 0.355 e. The summed E-state index contributed by atoms with van der Waals surface area (Å²) in [5, 5.41) is -0.738. The maximum atomic E-state index is 15.4. The van der Waals surface area contributed by atoms with Gasteiger partial charge in [0.2, 0.25) is 0 Å². The lowest BCUT2D eigenvalue weighted by atomic mass is 10.1. The van der Waals surface area contributed by atoms with Gasteiger partial charge < -0.3 is 9.16 Å². The van der Waals surface area contributed by atoms with E-state index in [2.05, 4.69) is 0 Å². The zero-order valence-electron chi connectivity index (χ0n) is 19.6.